The topological polar surface area (TPSA) is 37.8 Å². The molecule has 88 valence electrons. The number of rotatable bonds is 4. The van der Waals surface area contributed by atoms with Gasteiger partial charge in [0.15, 0.2) is 5.82 Å². The molecule has 1 fully saturated rings. The maximum absolute atomic E-state index is 4.21. The molecule has 17 heavy (non-hydrogen) atoms. The lowest BCUT2D eigenvalue weighted by molar-refractivity contribution is 0.639. The second-order valence-corrected chi connectivity index (χ2v) is 5.00. The third-order valence-corrected chi connectivity index (χ3v) is 3.34. The number of hydrogen-bond donors (Lipinski definition) is 1. The van der Waals surface area contributed by atoms with Gasteiger partial charge in [-0.05, 0) is 19.3 Å². The van der Waals surface area contributed by atoms with E-state index in [0.717, 1.165) is 22.5 Å². The average Bonchev–Trinajstić information content (AvgIpc) is 3.13. The van der Waals surface area contributed by atoms with E-state index < -0.39 is 0 Å². The SMILES string of the molecule is CC(CC1CC1)Nc1nncc2ccccc12. The highest BCUT2D eigenvalue weighted by atomic mass is 15.2. The molecule has 1 N–H and O–H groups in total. The molecule has 3 nitrogen and oxygen atoms in total. The molecule has 0 radical (unpaired) electrons. The van der Waals surface area contributed by atoms with Gasteiger partial charge in [0.05, 0.1) is 6.20 Å². The maximum atomic E-state index is 4.21. The molecule has 1 aliphatic carbocycles. The van der Waals surface area contributed by atoms with E-state index in [2.05, 4.69) is 34.6 Å². The molecule has 0 saturated heterocycles. The van der Waals surface area contributed by atoms with Crippen molar-refractivity contribution >= 4 is 16.6 Å². The van der Waals surface area contributed by atoms with Gasteiger partial charge in [-0.1, -0.05) is 37.1 Å². The smallest absolute Gasteiger partial charge is 0.156 e. The van der Waals surface area contributed by atoms with Crippen LogP contribution in [-0.2, 0) is 0 Å². The highest BCUT2D eigenvalue weighted by Crippen LogP contribution is 2.34. The van der Waals surface area contributed by atoms with Crippen LogP contribution in [0.3, 0.4) is 0 Å². The highest BCUT2D eigenvalue weighted by Gasteiger charge is 2.23. The zero-order valence-electron chi connectivity index (χ0n) is 10.1. The quantitative estimate of drug-likeness (QED) is 0.871. The summed E-state index contributed by atoms with van der Waals surface area (Å²) in [6.45, 7) is 2.22. The lowest BCUT2D eigenvalue weighted by atomic mass is 10.1. The summed E-state index contributed by atoms with van der Waals surface area (Å²) >= 11 is 0. The molecule has 1 aromatic heterocycles. The Morgan fingerprint density at radius 2 is 2.18 bits per heavy atom. The van der Waals surface area contributed by atoms with E-state index in [4.69, 9.17) is 0 Å². The van der Waals surface area contributed by atoms with Gasteiger partial charge in [0.25, 0.3) is 0 Å². The van der Waals surface area contributed by atoms with Crippen molar-refractivity contribution in [3.05, 3.63) is 30.5 Å². The average molecular weight is 227 g/mol. The molecular formula is C14H17N3. The molecule has 0 aliphatic heterocycles. The van der Waals surface area contributed by atoms with Gasteiger partial charge in [-0.15, -0.1) is 5.10 Å². The second-order valence-electron chi connectivity index (χ2n) is 5.00. The molecule has 3 rings (SSSR count). The summed E-state index contributed by atoms with van der Waals surface area (Å²) in [7, 11) is 0. The Bertz CT molecular complexity index is 514. The van der Waals surface area contributed by atoms with Crippen LogP contribution in [0.5, 0.6) is 0 Å². The summed E-state index contributed by atoms with van der Waals surface area (Å²) in [4.78, 5) is 0. The van der Waals surface area contributed by atoms with Crippen LogP contribution >= 0.6 is 0 Å². The van der Waals surface area contributed by atoms with Gasteiger partial charge in [0, 0.05) is 16.8 Å². The maximum Gasteiger partial charge on any atom is 0.156 e. The summed E-state index contributed by atoms with van der Waals surface area (Å²) in [6, 6.07) is 8.71. The number of nitrogens with zero attached hydrogens (tertiary/aromatic N) is 2. The summed E-state index contributed by atoms with van der Waals surface area (Å²) in [5.74, 6) is 1.84. The molecule has 1 heterocycles. The van der Waals surface area contributed by atoms with E-state index in [-0.39, 0.29) is 0 Å². The van der Waals surface area contributed by atoms with Gasteiger partial charge in [-0.3, -0.25) is 0 Å². The second kappa shape index (κ2) is 4.32. The van der Waals surface area contributed by atoms with Crippen LogP contribution in [0, 0.1) is 5.92 Å². The zero-order chi connectivity index (χ0) is 11.7. The summed E-state index contributed by atoms with van der Waals surface area (Å²) < 4.78 is 0. The van der Waals surface area contributed by atoms with Gasteiger partial charge in [-0.25, -0.2) is 0 Å². The lowest BCUT2D eigenvalue weighted by Crippen LogP contribution is -2.17. The fourth-order valence-corrected chi connectivity index (χ4v) is 2.28. The van der Waals surface area contributed by atoms with Crippen molar-refractivity contribution in [1.29, 1.82) is 0 Å². The predicted molar refractivity (Wildman–Crippen MR) is 70.0 cm³/mol. The molecular weight excluding hydrogens is 210 g/mol. The number of fused-ring (bicyclic) bond motifs is 1. The Morgan fingerprint density at radius 3 is 3.00 bits per heavy atom. The minimum absolute atomic E-state index is 0.475. The highest BCUT2D eigenvalue weighted by molar-refractivity contribution is 5.90. The van der Waals surface area contributed by atoms with Crippen molar-refractivity contribution in [2.45, 2.75) is 32.2 Å². The Balaban J connectivity index is 1.83. The van der Waals surface area contributed by atoms with E-state index in [1.807, 2.05) is 18.3 Å². The number of benzene rings is 1. The van der Waals surface area contributed by atoms with Gasteiger partial charge >= 0.3 is 0 Å². The van der Waals surface area contributed by atoms with Crippen LogP contribution in [0.15, 0.2) is 30.5 Å². The van der Waals surface area contributed by atoms with Crippen molar-refractivity contribution in [1.82, 2.24) is 10.2 Å². The molecule has 1 atom stereocenters. The van der Waals surface area contributed by atoms with Crippen molar-refractivity contribution in [3.8, 4) is 0 Å². The van der Waals surface area contributed by atoms with E-state index in [0.29, 0.717) is 6.04 Å². The predicted octanol–water partition coefficient (Wildman–Crippen LogP) is 3.23. The van der Waals surface area contributed by atoms with Crippen molar-refractivity contribution < 1.29 is 0 Å². The molecule has 0 spiro atoms. The minimum Gasteiger partial charge on any atom is -0.366 e. The van der Waals surface area contributed by atoms with E-state index in [9.17, 15) is 0 Å². The monoisotopic (exact) mass is 227 g/mol. The molecule has 1 aliphatic rings. The number of hydrogen-bond acceptors (Lipinski definition) is 3. The minimum atomic E-state index is 0.475. The van der Waals surface area contributed by atoms with Gasteiger partial charge < -0.3 is 5.32 Å². The van der Waals surface area contributed by atoms with Gasteiger partial charge in [-0.2, -0.15) is 5.10 Å². The van der Waals surface area contributed by atoms with Gasteiger partial charge in [0.1, 0.15) is 0 Å². The first kappa shape index (κ1) is 10.5. The van der Waals surface area contributed by atoms with E-state index in [1.165, 1.54) is 19.3 Å². The third kappa shape index (κ3) is 2.38. The number of anilines is 1. The largest absolute Gasteiger partial charge is 0.366 e. The van der Waals surface area contributed by atoms with E-state index in [1.54, 1.807) is 0 Å². The van der Waals surface area contributed by atoms with Crippen LogP contribution < -0.4 is 5.32 Å². The summed E-state index contributed by atoms with van der Waals surface area (Å²) in [6.07, 6.45) is 5.84. The number of nitrogens with one attached hydrogen (secondary N) is 1. The van der Waals surface area contributed by atoms with E-state index >= 15 is 0 Å². The van der Waals surface area contributed by atoms with Crippen LogP contribution in [0.4, 0.5) is 5.82 Å². The Morgan fingerprint density at radius 1 is 1.35 bits per heavy atom. The molecule has 1 saturated carbocycles. The first-order valence-electron chi connectivity index (χ1n) is 6.30. The standard InChI is InChI=1S/C14H17N3/c1-10(8-11-6-7-11)16-14-13-5-3-2-4-12(13)9-15-17-14/h2-5,9-11H,6-8H2,1H3,(H,16,17). The van der Waals surface area contributed by atoms with Crippen molar-refractivity contribution in [2.75, 3.05) is 5.32 Å². The van der Waals surface area contributed by atoms with Crippen LogP contribution in [-0.4, -0.2) is 16.2 Å². The van der Waals surface area contributed by atoms with Crippen molar-refractivity contribution in [2.24, 2.45) is 5.92 Å². The van der Waals surface area contributed by atoms with Crippen LogP contribution in [0.25, 0.3) is 10.8 Å². The summed E-state index contributed by atoms with van der Waals surface area (Å²) in [5, 5.41) is 14.0. The first-order valence-corrected chi connectivity index (χ1v) is 6.30. The zero-order valence-corrected chi connectivity index (χ0v) is 10.1. The molecule has 1 unspecified atom stereocenters. The lowest BCUT2D eigenvalue weighted by Gasteiger charge is -2.14. The number of aromatic nitrogens is 2. The molecule has 2 aromatic rings. The Kier molecular flexibility index (Phi) is 2.67. The third-order valence-electron chi connectivity index (χ3n) is 3.34. The Hall–Kier alpha value is -1.64. The Labute approximate surface area is 101 Å². The van der Waals surface area contributed by atoms with Crippen molar-refractivity contribution in [3.63, 3.8) is 0 Å². The normalized spacial score (nSPS) is 17.0. The molecule has 3 heteroatoms. The molecule has 0 bridgehead atoms. The molecule has 0 amide bonds. The summed E-state index contributed by atoms with van der Waals surface area (Å²) in [5.41, 5.74) is 0. The molecule has 1 aromatic carbocycles. The van der Waals surface area contributed by atoms with Crippen LogP contribution in [0.1, 0.15) is 26.2 Å². The fraction of sp³-hybridized carbons (Fsp3) is 0.429. The first-order chi connectivity index (χ1) is 8.33. The fourth-order valence-electron chi connectivity index (χ4n) is 2.28. The van der Waals surface area contributed by atoms with Crippen LogP contribution in [0.2, 0.25) is 0 Å². The van der Waals surface area contributed by atoms with Gasteiger partial charge in [0.2, 0.25) is 0 Å².